The van der Waals surface area contributed by atoms with Crippen molar-refractivity contribution in [3.05, 3.63) is 22.7 Å². The van der Waals surface area contributed by atoms with E-state index in [2.05, 4.69) is 15.9 Å². The Bertz CT molecular complexity index is 459. The number of methoxy groups -OCH3 is 1. The fourth-order valence-corrected chi connectivity index (χ4v) is 1.95. The van der Waals surface area contributed by atoms with E-state index < -0.39 is 11.8 Å². The molecule has 17 heavy (non-hydrogen) atoms. The van der Waals surface area contributed by atoms with E-state index in [9.17, 15) is 9.59 Å². The van der Waals surface area contributed by atoms with Crippen LogP contribution in [0.4, 0.5) is 5.69 Å². The summed E-state index contributed by atoms with van der Waals surface area (Å²) >= 11 is 3.30. The van der Waals surface area contributed by atoms with Gasteiger partial charge in [0.15, 0.2) is 0 Å². The average molecular weight is 300 g/mol. The lowest BCUT2D eigenvalue weighted by atomic mass is 10.2. The topological polar surface area (TPSA) is 55.8 Å². The monoisotopic (exact) mass is 299 g/mol. The van der Waals surface area contributed by atoms with Gasteiger partial charge in [0.1, 0.15) is 19.0 Å². The van der Waals surface area contributed by atoms with Gasteiger partial charge in [0.05, 0.1) is 12.8 Å². The highest BCUT2D eigenvalue weighted by Crippen LogP contribution is 2.32. The van der Waals surface area contributed by atoms with Gasteiger partial charge in [0.25, 0.3) is 11.8 Å². The van der Waals surface area contributed by atoms with Crippen molar-refractivity contribution >= 4 is 33.4 Å². The standard InChI is InChI=1S/C11H10BrNO4/c1-16-9-3-2-7(12)4-8(9)13-10(14)5-17-6-11(13)15/h2-4H,5-6H2,1H3. The molecule has 6 heteroatoms. The number of carbonyl (C=O) groups excluding carboxylic acids is 2. The maximum absolute atomic E-state index is 11.7. The largest absolute Gasteiger partial charge is 0.495 e. The summed E-state index contributed by atoms with van der Waals surface area (Å²) in [6.07, 6.45) is 0. The third-order valence-electron chi connectivity index (χ3n) is 2.33. The van der Waals surface area contributed by atoms with Gasteiger partial charge >= 0.3 is 0 Å². The summed E-state index contributed by atoms with van der Waals surface area (Å²) in [6, 6.07) is 5.13. The van der Waals surface area contributed by atoms with E-state index in [1.54, 1.807) is 18.2 Å². The molecule has 1 fully saturated rings. The Kier molecular flexibility index (Phi) is 3.44. The van der Waals surface area contributed by atoms with Gasteiger partial charge in [-0.25, -0.2) is 4.90 Å². The quantitative estimate of drug-likeness (QED) is 0.774. The van der Waals surface area contributed by atoms with Gasteiger partial charge < -0.3 is 9.47 Å². The highest BCUT2D eigenvalue weighted by atomic mass is 79.9. The van der Waals surface area contributed by atoms with Crippen LogP contribution in [-0.2, 0) is 14.3 Å². The van der Waals surface area contributed by atoms with Crippen LogP contribution in [-0.4, -0.2) is 32.1 Å². The van der Waals surface area contributed by atoms with E-state index >= 15 is 0 Å². The Morgan fingerprint density at radius 2 is 1.94 bits per heavy atom. The van der Waals surface area contributed by atoms with E-state index in [1.807, 2.05) is 0 Å². The minimum atomic E-state index is -0.391. The molecule has 1 aromatic carbocycles. The molecular formula is C11H10BrNO4. The number of hydrogen-bond acceptors (Lipinski definition) is 4. The number of benzene rings is 1. The molecule has 1 aliphatic heterocycles. The lowest BCUT2D eigenvalue weighted by Gasteiger charge is -2.26. The van der Waals surface area contributed by atoms with E-state index in [1.165, 1.54) is 7.11 Å². The van der Waals surface area contributed by atoms with Crippen molar-refractivity contribution in [2.75, 3.05) is 25.2 Å². The van der Waals surface area contributed by atoms with Crippen LogP contribution in [0, 0.1) is 0 Å². The normalized spacial score (nSPS) is 16.2. The van der Waals surface area contributed by atoms with E-state index in [4.69, 9.17) is 9.47 Å². The first kappa shape index (κ1) is 12.1. The van der Waals surface area contributed by atoms with Crippen molar-refractivity contribution in [1.82, 2.24) is 0 Å². The van der Waals surface area contributed by atoms with Gasteiger partial charge in [-0.1, -0.05) is 15.9 Å². The van der Waals surface area contributed by atoms with Crippen molar-refractivity contribution in [3.63, 3.8) is 0 Å². The zero-order chi connectivity index (χ0) is 12.4. The second-order valence-corrected chi connectivity index (χ2v) is 4.35. The second-order valence-electron chi connectivity index (χ2n) is 3.43. The van der Waals surface area contributed by atoms with Crippen molar-refractivity contribution in [2.24, 2.45) is 0 Å². The molecule has 0 radical (unpaired) electrons. The molecule has 2 amide bonds. The molecule has 0 unspecified atom stereocenters. The molecule has 0 spiro atoms. The zero-order valence-corrected chi connectivity index (χ0v) is 10.7. The highest BCUT2D eigenvalue weighted by molar-refractivity contribution is 9.10. The smallest absolute Gasteiger partial charge is 0.259 e. The van der Waals surface area contributed by atoms with Crippen molar-refractivity contribution in [3.8, 4) is 5.75 Å². The van der Waals surface area contributed by atoms with Crippen molar-refractivity contribution < 1.29 is 19.1 Å². The van der Waals surface area contributed by atoms with Crippen LogP contribution in [0.1, 0.15) is 0 Å². The Morgan fingerprint density at radius 3 is 2.53 bits per heavy atom. The summed E-state index contributed by atoms with van der Waals surface area (Å²) in [4.78, 5) is 24.5. The fourth-order valence-electron chi connectivity index (χ4n) is 1.60. The number of halogens is 1. The van der Waals surface area contributed by atoms with Crippen LogP contribution < -0.4 is 9.64 Å². The predicted molar refractivity (Wildman–Crippen MR) is 64.0 cm³/mol. The molecule has 1 aromatic rings. The molecule has 0 atom stereocenters. The number of amides is 2. The number of hydrogen-bond donors (Lipinski definition) is 0. The SMILES string of the molecule is COc1ccc(Br)cc1N1C(=O)COCC1=O. The maximum atomic E-state index is 11.7. The van der Waals surface area contributed by atoms with Gasteiger partial charge in [-0.3, -0.25) is 9.59 Å². The van der Waals surface area contributed by atoms with Gasteiger partial charge in [-0.2, -0.15) is 0 Å². The summed E-state index contributed by atoms with van der Waals surface area (Å²) in [5, 5.41) is 0. The summed E-state index contributed by atoms with van der Waals surface area (Å²) in [5.41, 5.74) is 0.431. The van der Waals surface area contributed by atoms with E-state index in [0.717, 1.165) is 9.37 Å². The molecule has 1 saturated heterocycles. The van der Waals surface area contributed by atoms with Gasteiger partial charge in [0, 0.05) is 4.47 Å². The zero-order valence-electron chi connectivity index (χ0n) is 9.10. The molecular weight excluding hydrogens is 290 g/mol. The van der Waals surface area contributed by atoms with Gasteiger partial charge in [0.2, 0.25) is 0 Å². The van der Waals surface area contributed by atoms with Crippen molar-refractivity contribution in [1.29, 1.82) is 0 Å². The molecule has 1 heterocycles. The number of anilines is 1. The molecule has 1 aliphatic rings. The van der Waals surface area contributed by atoms with Crippen LogP contribution in [0.2, 0.25) is 0 Å². The van der Waals surface area contributed by atoms with Crippen LogP contribution in [0.15, 0.2) is 22.7 Å². The first-order valence-electron chi connectivity index (χ1n) is 4.90. The number of rotatable bonds is 2. The van der Waals surface area contributed by atoms with Crippen LogP contribution in [0.3, 0.4) is 0 Å². The summed E-state index contributed by atoms with van der Waals surface area (Å²) in [7, 11) is 1.49. The van der Waals surface area contributed by atoms with Crippen LogP contribution >= 0.6 is 15.9 Å². The lowest BCUT2D eigenvalue weighted by Crippen LogP contribution is -2.46. The number of morpholine rings is 1. The molecule has 0 aromatic heterocycles. The summed E-state index contributed by atoms with van der Waals surface area (Å²) in [5.74, 6) is -0.313. The summed E-state index contributed by atoms with van der Waals surface area (Å²) in [6.45, 7) is -0.192. The van der Waals surface area contributed by atoms with E-state index in [-0.39, 0.29) is 13.2 Å². The highest BCUT2D eigenvalue weighted by Gasteiger charge is 2.30. The maximum Gasteiger partial charge on any atom is 0.259 e. The molecule has 2 rings (SSSR count). The Balaban J connectivity index is 2.47. The average Bonchev–Trinajstić information content (AvgIpc) is 2.29. The number of ether oxygens (including phenoxy) is 2. The van der Waals surface area contributed by atoms with E-state index in [0.29, 0.717) is 11.4 Å². The number of nitrogens with zero attached hydrogens (tertiary/aromatic N) is 1. The van der Waals surface area contributed by atoms with Gasteiger partial charge in [-0.05, 0) is 18.2 Å². The Hall–Kier alpha value is -1.40. The van der Waals surface area contributed by atoms with Crippen LogP contribution in [0.25, 0.3) is 0 Å². The molecule has 0 aliphatic carbocycles. The minimum Gasteiger partial charge on any atom is -0.495 e. The second kappa shape index (κ2) is 4.85. The third-order valence-corrected chi connectivity index (χ3v) is 2.82. The van der Waals surface area contributed by atoms with Gasteiger partial charge in [-0.15, -0.1) is 0 Å². The third kappa shape index (κ3) is 2.32. The minimum absolute atomic E-state index is 0.0958. The first-order chi connectivity index (χ1) is 8.13. The molecule has 0 N–H and O–H groups in total. The molecule has 90 valence electrons. The first-order valence-corrected chi connectivity index (χ1v) is 5.70. The summed E-state index contributed by atoms with van der Waals surface area (Å²) < 4.78 is 10.8. The molecule has 0 bridgehead atoms. The number of imide groups is 1. The molecule has 5 nitrogen and oxygen atoms in total. The Labute approximate surface area is 106 Å². The molecule has 0 saturated carbocycles. The number of carbonyl (C=O) groups is 2. The Morgan fingerprint density at radius 1 is 1.29 bits per heavy atom. The van der Waals surface area contributed by atoms with Crippen LogP contribution in [0.5, 0.6) is 5.75 Å². The van der Waals surface area contributed by atoms with Crippen molar-refractivity contribution in [2.45, 2.75) is 0 Å². The lowest BCUT2D eigenvalue weighted by molar-refractivity contribution is -0.138. The predicted octanol–water partition coefficient (Wildman–Crippen LogP) is 1.35. The fraction of sp³-hybridized carbons (Fsp3) is 0.273.